The highest BCUT2D eigenvalue weighted by molar-refractivity contribution is 5.95. The predicted octanol–water partition coefficient (Wildman–Crippen LogP) is 0.951. The smallest absolute Gasteiger partial charge is 0.303 e. The van der Waals surface area contributed by atoms with Gasteiger partial charge < -0.3 is 15.3 Å². The van der Waals surface area contributed by atoms with E-state index in [9.17, 15) is 9.59 Å². The van der Waals surface area contributed by atoms with Crippen molar-refractivity contribution in [1.29, 1.82) is 0 Å². The van der Waals surface area contributed by atoms with Gasteiger partial charge in [0.2, 0.25) is 5.91 Å². The first-order valence-electron chi connectivity index (χ1n) is 5.13. The number of carbonyl (C=O) groups excluding carboxylic acids is 1. The summed E-state index contributed by atoms with van der Waals surface area (Å²) in [5.74, 6) is -1.32. The maximum atomic E-state index is 11.5. The number of pyridine rings is 1. The maximum Gasteiger partial charge on any atom is 0.303 e. The SMILES string of the molecule is CN(C)c1ccncc1NC(=O)CCC(=O)O. The molecule has 0 saturated carbocycles. The standard InChI is InChI=1S/C11H15N3O3/c1-14(2)9-5-6-12-7-8(9)13-10(15)3-4-11(16)17/h5-7H,3-4H2,1-2H3,(H,13,15)(H,16,17). The third-order valence-electron chi connectivity index (χ3n) is 2.12. The molecule has 0 aliphatic rings. The van der Waals surface area contributed by atoms with Gasteiger partial charge in [-0.05, 0) is 6.07 Å². The lowest BCUT2D eigenvalue weighted by atomic mass is 10.2. The van der Waals surface area contributed by atoms with Crippen LogP contribution >= 0.6 is 0 Å². The number of anilines is 2. The molecule has 1 amide bonds. The number of aromatic nitrogens is 1. The van der Waals surface area contributed by atoms with Crippen molar-refractivity contribution in [3.63, 3.8) is 0 Å². The van der Waals surface area contributed by atoms with Crippen LogP contribution in [0.2, 0.25) is 0 Å². The summed E-state index contributed by atoms with van der Waals surface area (Å²) in [5.41, 5.74) is 1.40. The minimum Gasteiger partial charge on any atom is -0.481 e. The normalized spacial score (nSPS) is 9.76. The van der Waals surface area contributed by atoms with Crippen LogP contribution in [0.3, 0.4) is 0 Å². The van der Waals surface area contributed by atoms with Gasteiger partial charge >= 0.3 is 5.97 Å². The molecule has 17 heavy (non-hydrogen) atoms. The number of nitrogens with one attached hydrogen (secondary N) is 1. The van der Waals surface area contributed by atoms with Crippen LogP contribution in [0.15, 0.2) is 18.5 Å². The fourth-order valence-electron chi connectivity index (χ4n) is 1.31. The van der Waals surface area contributed by atoms with Crippen LogP contribution < -0.4 is 10.2 Å². The number of carboxylic acids is 1. The molecular formula is C11H15N3O3. The first-order chi connectivity index (χ1) is 8.00. The summed E-state index contributed by atoms with van der Waals surface area (Å²) < 4.78 is 0. The molecule has 0 fully saturated rings. The maximum absolute atomic E-state index is 11.5. The zero-order valence-electron chi connectivity index (χ0n) is 9.80. The third-order valence-corrected chi connectivity index (χ3v) is 2.12. The van der Waals surface area contributed by atoms with Gasteiger partial charge in [0.05, 0.1) is 24.0 Å². The Labute approximate surface area is 99.3 Å². The first kappa shape index (κ1) is 13.0. The summed E-state index contributed by atoms with van der Waals surface area (Å²) in [6.07, 6.45) is 2.94. The number of aliphatic carboxylic acids is 1. The predicted molar refractivity (Wildman–Crippen MR) is 64.1 cm³/mol. The van der Waals surface area contributed by atoms with Crippen LogP contribution in [-0.2, 0) is 9.59 Å². The highest BCUT2D eigenvalue weighted by atomic mass is 16.4. The Morgan fingerprint density at radius 3 is 2.71 bits per heavy atom. The zero-order valence-corrected chi connectivity index (χ0v) is 9.80. The van der Waals surface area contributed by atoms with E-state index in [2.05, 4.69) is 10.3 Å². The molecule has 1 rings (SSSR count). The average molecular weight is 237 g/mol. The number of carbonyl (C=O) groups is 2. The van der Waals surface area contributed by atoms with Crippen LogP contribution in [0.4, 0.5) is 11.4 Å². The summed E-state index contributed by atoms with van der Waals surface area (Å²) >= 11 is 0. The molecule has 0 radical (unpaired) electrons. The van der Waals surface area contributed by atoms with E-state index >= 15 is 0 Å². The van der Waals surface area contributed by atoms with Gasteiger partial charge in [0.1, 0.15) is 0 Å². The first-order valence-corrected chi connectivity index (χ1v) is 5.13. The van der Waals surface area contributed by atoms with Crippen molar-refractivity contribution in [2.75, 3.05) is 24.3 Å². The van der Waals surface area contributed by atoms with E-state index in [4.69, 9.17) is 5.11 Å². The molecule has 6 nitrogen and oxygen atoms in total. The molecule has 92 valence electrons. The second-order valence-corrected chi connectivity index (χ2v) is 3.73. The quantitative estimate of drug-likeness (QED) is 0.796. The van der Waals surface area contributed by atoms with E-state index in [1.165, 1.54) is 6.20 Å². The molecule has 0 spiro atoms. The molecule has 0 unspecified atom stereocenters. The topological polar surface area (TPSA) is 82.5 Å². The molecule has 0 aliphatic carbocycles. The fraction of sp³-hybridized carbons (Fsp3) is 0.364. The molecule has 0 aromatic carbocycles. The lowest BCUT2D eigenvalue weighted by Gasteiger charge is -2.16. The lowest BCUT2D eigenvalue weighted by molar-refractivity contribution is -0.138. The summed E-state index contributed by atoms with van der Waals surface area (Å²) in [7, 11) is 3.70. The Morgan fingerprint density at radius 1 is 1.41 bits per heavy atom. The number of hydrogen-bond acceptors (Lipinski definition) is 4. The molecule has 1 aromatic heterocycles. The number of rotatable bonds is 5. The molecule has 0 aliphatic heterocycles. The monoisotopic (exact) mass is 237 g/mol. The highest BCUT2D eigenvalue weighted by Crippen LogP contribution is 2.22. The van der Waals surface area contributed by atoms with Crippen molar-refractivity contribution in [1.82, 2.24) is 4.98 Å². The third kappa shape index (κ3) is 4.10. The van der Waals surface area contributed by atoms with Crippen molar-refractivity contribution in [2.24, 2.45) is 0 Å². The van der Waals surface area contributed by atoms with Gasteiger partial charge in [0.15, 0.2) is 0 Å². The van der Waals surface area contributed by atoms with Gasteiger partial charge in [0.25, 0.3) is 0 Å². The van der Waals surface area contributed by atoms with Crippen LogP contribution in [0.5, 0.6) is 0 Å². The molecule has 0 saturated heterocycles. The van der Waals surface area contributed by atoms with Crippen LogP contribution in [0.25, 0.3) is 0 Å². The largest absolute Gasteiger partial charge is 0.481 e. The fourth-order valence-corrected chi connectivity index (χ4v) is 1.31. The molecule has 6 heteroatoms. The molecular weight excluding hydrogens is 222 g/mol. The van der Waals surface area contributed by atoms with E-state index in [0.29, 0.717) is 5.69 Å². The van der Waals surface area contributed by atoms with Crippen molar-refractivity contribution in [2.45, 2.75) is 12.8 Å². The van der Waals surface area contributed by atoms with Crippen molar-refractivity contribution >= 4 is 23.3 Å². The molecule has 1 aromatic rings. The van der Waals surface area contributed by atoms with E-state index in [1.807, 2.05) is 19.0 Å². The van der Waals surface area contributed by atoms with E-state index in [-0.39, 0.29) is 18.7 Å². The Kier molecular flexibility index (Phi) is 4.45. The molecule has 0 bridgehead atoms. The summed E-state index contributed by atoms with van der Waals surface area (Å²) in [4.78, 5) is 27.6. The Hall–Kier alpha value is -2.11. The van der Waals surface area contributed by atoms with Gasteiger partial charge in [-0.2, -0.15) is 0 Å². The van der Waals surface area contributed by atoms with E-state index in [0.717, 1.165) is 5.69 Å². The minimum absolute atomic E-state index is 0.0445. The Bertz CT molecular complexity index is 418. The number of hydrogen-bond donors (Lipinski definition) is 2. The van der Waals surface area contributed by atoms with Crippen molar-refractivity contribution in [3.8, 4) is 0 Å². The van der Waals surface area contributed by atoms with Crippen molar-refractivity contribution in [3.05, 3.63) is 18.5 Å². The minimum atomic E-state index is -0.987. The zero-order chi connectivity index (χ0) is 12.8. The summed E-state index contributed by atoms with van der Waals surface area (Å²) in [6, 6.07) is 1.77. The average Bonchev–Trinajstić information content (AvgIpc) is 2.27. The Morgan fingerprint density at radius 2 is 2.12 bits per heavy atom. The van der Waals surface area contributed by atoms with E-state index in [1.54, 1.807) is 12.3 Å². The molecule has 2 N–H and O–H groups in total. The van der Waals surface area contributed by atoms with Crippen molar-refractivity contribution < 1.29 is 14.7 Å². The Balaban J connectivity index is 2.68. The number of amides is 1. The molecule has 0 atom stereocenters. The van der Waals surface area contributed by atoms with Crippen LogP contribution in [-0.4, -0.2) is 36.1 Å². The van der Waals surface area contributed by atoms with Gasteiger partial charge in [0, 0.05) is 26.7 Å². The second-order valence-electron chi connectivity index (χ2n) is 3.73. The molecule has 1 heterocycles. The van der Waals surface area contributed by atoms with Gasteiger partial charge in [-0.1, -0.05) is 0 Å². The number of nitrogens with zero attached hydrogens (tertiary/aromatic N) is 2. The lowest BCUT2D eigenvalue weighted by Crippen LogP contribution is -2.17. The van der Waals surface area contributed by atoms with Crippen LogP contribution in [0, 0.1) is 0 Å². The van der Waals surface area contributed by atoms with E-state index < -0.39 is 5.97 Å². The summed E-state index contributed by atoms with van der Waals surface area (Å²) in [5, 5.41) is 11.1. The van der Waals surface area contributed by atoms with Gasteiger partial charge in [-0.15, -0.1) is 0 Å². The highest BCUT2D eigenvalue weighted by Gasteiger charge is 2.09. The van der Waals surface area contributed by atoms with Gasteiger partial charge in [-0.25, -0.2) is 0 Å². The van der Waals surface area contributed by atoms with Crippen LogP contribution in [0.1, 0.15) is 12.8 Å². The second kappa shape index (κ2) is 5.83. The number of carboxylic acid groups (broad SMARTS) is 1. The van der Waals surface area contributed by atoms with Gasteiger partial charge in [-0.3, -0.25) is 14.6 Å². The summed E-state index contributed by atoms with van der Waals surface area (Å²) in [6.45, 7) is 0.